The summed E-state index contributed by atoms with van der Waals surface area (Å²) in [6.07, 6.45) is 1.55. The molecule has 0 N–H and O–H groups in total. The van der Waals surface area contributed by atoms with E-state index in [0.717, 1.165) is 43.5 Å². The number of ether oxygens (including phenoxy) is 6. The summed E-state index contributed by atoms with van der Waals surface area (Å²) in [5.41, 5.74) is 6.11. The molecule has 6 nitrogen and oxygen atoms in total. The van der Waals surface area contributed by atoms with Gasteiger partial charge < -0.3 is 28.4 Å². The van der Waals surface area contributed by atoms with Crippen molar-refractivity contribution in [2.45, 2.75) is 36.1 Å². The molecule has 4 unspecified atom stereocenters. The van der Waals surface area contributed by atoms with Crippen molar-refractivity contribution in [2.75, 3.05) is 39.6 Å². The van der Waals surface area contributed by atoms with Crippen LogP contribution in [0.4, 0.5) is 0 Å². The predicted molar refractivity (Wildman–Crippen MR) is 175 cm³/mol. The Balaban J connectivity index is 1.18. The lowest BCUT2D eigenvalue weighted by Gasteiger charge is -2.33. The first-order valence-electron chi connectivity index (χ1n) is 16.3. The lowest BCUT2D eigenvalue weighted by atomic mass is 9.69. The Labute approximate surface area is 268 Å². The van der Waals surface area contributed by atoms with E-state index in [4.69, 9.17) is 28.4 Å². The smallest absolute Gasteiger partial charge is 0.120 e. The van der Waals surface area contributed by atoms with Crippen LogP contribution in [-0.4, -0.2) is 58.0 Å². The van der Waals surface area contributed by atoms with Gasteiger partial charge in [0.15, 0.2) is 0 Å². The zero-order valence-electron chi connectivity index (χ0n) is 25.6. The van der Waals surface area contributed by atoms with Gasteiger partial charge in [0.1, 0.15) is 55.4 Å². The number of hydrogen-bond donors (Lipinski definition) is 0. The first-order valence-corrected chi connectivity index (χ1v) is 16.3. The normalized spacial score (nSPS) is 25.6. The molecule has 0 bridgehead atoms. The SMILES string of the molecule is c1ccc(C2CC(c3ccc(OCC4CO4)cc3)(c3ccc(OCC4CO4)cc3)c3ccc4cc(OCC5CO5)ccc4c32)cc1. The van der Waals surface area contributed by atoms with Crippen LogP contribution in [0.1, 0.15) is 40.2 Å². The average Bonchev–Trinajstić information content (AvgIpc) is 3.97. The third-order valence-electron chi connectivity index (χ3n) is 9.76. The molecule has 5 aromatic carbocycles. The number of fused-ring (bicyclic) bond motifs is 3. The molecule has 3 heterocycles. The van der Waals surface area contributed by atoms with Gasteiger partial charge in [0.2, 0.25) is 0 Å². The molecule has 3 fully saturated rings. The Hall–Kier alpha value is -4.36. The lowest BCUT2D eigenvalue weighted by Crippen LogP contribution is -2.27. The van der Waals surface area contributed by atoms with Crippen molar-refractivity contribution in [3.8, 4) is 17.2 Å². The highest BCUT2D eigenvalue weighted by atomic mass is 16.6. The van der Waals surface area contributed by atoms with Crippen molar-refractivity contribution in [3.63, 3.8) is 0 Å². The first kappa shape index (κ1) is 27.9. The molecule has 5 aromatic rings. The Morgan fingerprint density at radius 3 is 1.63 bits per heavy atom. The summed E-state index contributed by atoms with van der Waals surface area (Å²) < 4.78 is 34.3. The summed E-state index contributed by atoms with van der Waals surface area (Å²) in [7, 11) is 0. The van der Waals surface area contributed by atoms with Crippen molar-refractivity contribution >= 4 is 10.8 Å². The Morgan fingerprint density at radius 1 is 0.565 bits per heavy atom. The zero-order valence-corrected chi connectivity index (χ0v) is 25.6. The Kier molecular flexibility index (Phi) is 6.95. The van der Waals surface area contributed by atoms with Crippen LogP contribution in [0.15, 0.2) is 109 Å². The number of epoxide rings is 3. The summed E-state index contributed by atoms with van der Waals surface area (Å²) in [4.78, 5) is 0. The quantitative estimate of drug-likeness (QED) is 0.141. The van der Waals surface area contributed by atoms with Crippen LogP contribution in [0.5, 0.6) is 17.2 Å². The first-order chi connectivity index (χ1) is 22.7. The van der Waals surface area contributed by atoms with E-state index >= 15 is 0 Å². The summed E-state index contributed by atoms with van der Waals surface area (Å²) in [5.74, 6) is 2.79. The molecular formula is C40H36O6. The predicted octanol–water partition coefficient (Wildman–Crippen LogP) is 7.04. The van der Waals surface area contributed by atoms with Crippen molar-refractivity contribution in [1.29, 1.82) is 0 Å². The monoisotopic (exact) mass is 612 g/mol. The molecule has 0 radical (unpaired) electrons. The lowest BCUT2D eigenvalue weighted by molar-refractivity contribution is 0.263. The minimum atomic E-state index is -0.390. The summed E-state index contributed by atoms with van der Waals surface area (Å²) in [5, 5.41) is 2.44. The fourth-order valence-corrected chi connectivity index (χ4v) is 7.10. The topological polar surface area (TPSA) is 65.3 Å². The second-order valence-electron chi connectivity index (χ2n) is 12.8. The van der Waals surface area contributed by atoms with E-state index in [2.05, 4.69) is 109 Å². The third-order valence-corrected chi connectivity index (χ3v) is 9.76. The van der Waals surface area contributed by atoms with E-state index in [1.807, 2.05) is 0 Å². The van der Waals surface area contributed by atoms with E-state index < -0.39 is 5.41 Å². The maximum atomic E-state index is 6.08. The Bertz CT molecular complexity index is 1780. The van der Waals surface area contributed by atoms with Crippen LogP contribution in [0.25, 0.3) is 10.8 Å². The largest absolute Gasteiger partial charge is 0.491 e. The van der Waals surface area contributed by atoms with Crippen LogP contribution in [0.2, 0.25) is 0 Å². The molecule has 9 rings (SSSR count). The molecule has 4 atom stereocenters. The molecule has 0 amide bonds. The molecule has 4 aliphatic rings. The third kappa shape index (κ3) is 5.41. The summed E-state index contributed by atoms with van der Waals surface area (Å²) >= 11 is 0. The van der Waals surface area contributed by atoms with Crippen LogP contribution < -0.4 is 14.2 Å². The number of benzene rings is 5. The van der Waals surface area contributed by atoms with Gasteiger partial charge in [-0.3, -0.25) is 0 Å². The van der Waals surface area contributed by atoms with Crippen molar-refractivity contribution in [1.82, 2.24) is 0 Å². The van der Waals surface area contributed by atoms with Gasteiger partial charge in [-0.1, -0.05) is 72.8 Å². The second kappa shape index (κ2) is 11.5. The highest BCUT2D eigenvalue weighted by Gasteiger charge is 2.47. The van der Waals surface area contributed by atoms with Gasteiger partial charge in [-0.05, 0) is 81.4 Å². The molecular weight excluding hydrogens is 576 g/mol. The van der Waals surface area contributed by atoms with Crippen molar-refractivity contribution in [3.05, 3.63) is 137 Å². The zero-order chi connectivity index (χ0) is 30.5. The fraction of sp³-hybridized carbons (Fsp3) is 0.300. The van der Waals surface area contributed by atoms with Crippen LogP contribution in [0.3, 0.4) is 0 Å². The van der Waals surface area contributed by atoms with Crippen molar-refractivity contribution < 1.29 is 28.4 Å². The maximum absolute atomic E-state index is 6.08. The molecule has 3 saturated heterocycles. The second-order valence-corrected chi connectivity index (χ2v) is 12.8. The molecule has 0 saturated carbocycles. The van der Waals surface area contributed by atoms with Gasteiger partial charge in [0.05, 0.1) is 19.8 Å². The van der Waals surface area contributed by atoms with E-state index in [-0.39, 0.29) is 24.2 Å². The minimum Gasteiger partial charge on any atom is -0.491 e. The van der Waals surface area contributed by atoms with Gasteiger partial charge in [-0.15, -0.1) is 0 Å². The van der Waals surface area contributed by atoms with Gasteiger partial charge in [0.25, 0.3) is 0 Å². The van der Waals surface area contributed by atoms with Gasteiger partial charge in [0, 0.05) is 11.3 Å². The maximum Gasteiger partial charge on any atom is 0.120 e. The average molecular weight is 613 g/mol. The van der Waals surface area contributed by atoms with Crippen LogP contribution in [-0.2, 0) is 19.6 Å². The van der Waals surface area contributed by atoms with Gasteiger partial charge in [-0.25, -0.2) is 0 Å². The molecule has 0 aromatic heterocycles. The summed E-state index contributed by atoms with van der Waals surface area (Å²) in [6.45, 7) is 4.11. The standard InChI is InChI=1S/C40H36O6/c1-2-4-26(5-3-1)37-19-40(28-7-11-30(12-8-28)41-20-33-23-44-33,29-9-13-31(14-10-29)42-21-34-24-45-34)38-17-6-27-18-32(43-22-35-25-46-35)15-16-36(27)39(37)38/h1-18,33-35,37H,19-25H2. The molecule has 0 spiro atoms. The Morgan fingerprint density at radius 2 is 1.09 bits per heavy atom. The van der Waals surface area contributed by atoms with E-state index in [0.29, 0.717) is 19.8 Å². The summed E-state index contributed by atoms with van der Waals surface area (Å²) in [6, 6.07) is 39.5. The molecule has 3 aliphatic heterocycles. The molecule has 232 valence electrons. The minimum absolute atomic E-state index is 0.192. The van der Waals surface area contributed by atoms with E-state index in [1.165, 1.54) is 38.6 Å². The van der Waals surface area contributed by atoms with Gasteiger partial charge in [-0.2, -0.15) is 0 Å². The van der Waals surface area contributed by atoms with Crippen LogP contribution >= 0.6 is 0 Å². The molecule has 46 heavy (non-hydrogen) atoms. The fourth-order valence-electron chi connectivity index (χ4n) is 7.10. The highest BCUT2D eigenvalue weighted by Crippen LogP contribution is 2.57. The van der Waals surface area contributed by atoms with Crippen LogP contribution in [0, 0.1) is 0 Å². The number of hydrogen-bond acceptors (Lipinski definition) is 6. The van der Waals surface area contributed by atoms with E-state index in [1.54, 1.807) is 0 Å². The van der Waals surface area contributed by atoms with E-state index in [9.17, 15) is 0 Å². The van der Waals surface area contributed by atoms with Gasteiger partial charge >= 0.3 is 0 Å². The number of rotatable bonds is 12. The molecule has 1 aliphatic carbocycles. The highest BCUT2D eigenvalue weighted by molar-refractivity contribution is 5.91. The van der Waals surface area contributed by atoms with Crippen molar-refractivity contribution in [2.24, 2.45) is 0 Å². The molecule has 6 heteroatoms.